The molecule has 7 nitrogen and oxygen atoms in total. The zero-order chi connectivity index (χ0) is 17.7. The molecule has 1 N–H and O–H groups in total. The molecule has 0 bridgehead atoms. The maximum absolute atomic E-state index is 4.79. The third-order valence-corrected chi connectivity index (χ3v) is 4.51. The summed E-state index contributed by atoms with van der Waals surface area (Å²) in [4.78, 5) is 4.79. The second-order valence-electron chi connectivity index (χ2n) is 6.39. The Kier molecular flexibility index (Phi) is 3.15. The number of hydrogen-bond donors (Lipinski definition) is 1. The maximum atomic E-state index is 4.79. The van der Waals surface area contributed by atoms with Crippen LogP contribution in [-0.4, -0.2) is 29.2 Å². The number of para-hydroxylation sites is 1. The molecule has 1 atom stereocenters. The third-order valence-electron chi connectivity index (χ3n) is 4.51. The highest BCUT2D eigenvalue weighted by molar-refractivity contribution is 5.91. The lowest BCUT2D eigenvalue weighted by molar-refractivity contribution is 0.769. The summed E-state index contributed by atoms with van der Waals surface area (Å²) in [5.74, 6) is 1.66. The van der Waals surface area contributed by atoms with Crippen LogP contribution < -0.4 is 5.32 Å². The van der Waals surface area contributed by atoms with Crippen LogP contribution in [0.15, 0.2) is 54.7 Å². The molecule has 7 heteroatoms. The number of rotatable bonds is 3. The first-order valence-corrected chi connectivity index (χ1v) is 8.52. The molecule has 0 aliphatic heterocycles. The smallest absolute Gasteiger partial charge is 0.160 e. The highest BCUT2D eigenvalue weighted by atomic mass is 15.3. The lowest BCUT2D eigenvalue weighted by Gasteiger charge is -2.15. The van der Waals surface area contributed by atoms with Gasteiger partial charge in [0.1, 0.15) is 5.82 Å². The van der Waals surface area contributed by atoms with Crippen molar-refractivity contribution in [3.8, 4) is 0 Å². The SMILES string of the molecule is Cc1cc2nc(N[C@@H](C)c3nnc4ccccn34)c3ccccc3n2n1. The molecule has 0 aliphatic carbocycles. The Morgan fingerprint density at radius 2 is 1.85 bits per heavy atom. The van der Waals surface area contributed by atoms with Gasteiger partial charge in [-0.3, -0.25) is 4.40 Å². The van der Waals surface area contributed by atoms with Gasteiger partial charge in [-0.1, -0.05) is 18.2 Å². The van der Waals surface area contributed by atoms with Crippen LogP contribution in [0, 0.1) is 6.92 Å². The van der Waals surface area contributed by atoms with Gasteiger partial charge in [0, 0.05) is 17.6 Å². The fraction of sp³-hybridized carbons (Fsp3) is 0.158. The molecular formula is C19H17N7. The van der Waals surface area contributed by atoms with Crippen LogP contribution in [0.2, 0.25) is 0 Å². The summed E-state index contributed by atoms with van der Waals surface area (Å²) in [6.45, 7) is 4.03. The number of nitrogens with one attached hydrogen (secondary N) is 1. The second-order valence-corrected chi connectivity index (χ2v) is 6.39. The van der Waals surface area contributed by atoms with E-state index in [9.17, 15) is 0 Å². The molecule has 0 spiro atoms. The number of benzene rings is 1. The van der Waals surface area contributed by atoms with E-state index in [1.165, 1.54) is 0 Å². The Balaban J connectivity index is 1.64. The molecule has 0 radical (unpaired) electrons. The maximum Gasteiger partial charge on any atom is 0.160 e. The minimum absolute atomic E-state index is 0.0604. The van der Waals surface area contributed by atoms with Crippen LogP contribution >= 0.6 is 0 Å². The van der Waals surface area contributed by atoms with Crippen molar-refractivity contribution in [3.63, 3.8) is 0 Å². The van der Waals surface area contributed by atoms with Crippen molar-refractivity contribution >= 4 is 28.0 Å². The Labute approximate surface area is 149 Å². The Hall–Kier alpha value is -3.48. The highest BCUT2D eigenvalue weighted by Crippen LogP contribution is 2.26. The number of nitrogens with zero attached hydrogens (tertiary/aromatic N) is 6. The minimum Gasteiger partial charge on any atom is -0.360 e. The van der Waals surface area contributed by atoms with Crippen molar-refractivity contribution < 1.29 is 0 Å². The molecule has 0 unspecified atom stereocenters. The molecule has 0 saturated heterocycles. The quantitative estimate of drug-likeness (QED) is 0.543. The van der Waals surface area contributed by atoms with E-state index in [2.05, 4.69) is 39.7 Å². The van der Waals surface area contributed by atoms with Crippen LogP contribution in [0.5, 0.6) is 0 Å². The van der Waals surface area contributed by atoms with E-state index in [1.807, 2.05) is 58.4 Å². The summed E-state index contributed by atoms with van der Waals surface area (Å²) in [5, 5.41) is 17.7. The molecule has 0 aliphatic rings. The van der Waals surface area contributed by atoms with Gasteiger partial charge in [-0.25, -0.2) is 9.50 Å². The van der Waals surface area contributed by atoms with Gasteiger partial charge in [0.15, 0.2) is 17.1 Å². The second kappa shape index (κ2) is 5.52. The molecule has 0 fully saturated rings. The van der Waals surface area contributed by atoms with Crippen LogP contribution in [0.4, 0.5) is 5.82 Å². The fourth-order valence-corrected chi connectivity index (χ4v) is 3.31. The average Bonchev–Trinajstić information content (AvgIpc) is 3.25. The first kappa shape index (κ1) is 14.8. The molecule has 1 aromatic carbocycles. The lowest BCUT2D eigenvalue weighted by atomic mass is 10.2. The minimum atomic E-state index is -0.0604. The van der Waals surface area contributed by atoms with E-state index in [0.29, 0.717) is 0 Å². The predicted molar refractivity (Wildman–Crippen MR) is 100 cm³/mol. The van der Waals surface area contributed by atoms with Crippen molar-refractivity contribution in [2.24, 2.45) is 0 Å². The van der Waals surface area contributed by atoms with Crippen LogP contribution in [0.25, 0.3) is 22.2 Å². The average molecular weight is 343 g/mol. The first-order chi connectivity index (χ1) is 12.7. The summed E-state index contributed by atoms with van der Waals surface area (Å²) in [6.07, 6.45) is 1.97. The zero-order valence-electron chi connectivity index (χ0n) is 14.5. The molecule has 26 heavy (non-hydrogen) atoms. The first-order valence-electron chi connectivity index (χ1n) is 8.52. The Morgan fingerprint density at radius 3 is 2.77 bits per heavy atom. The summed E-state index contributed by atoms with van der Waals surface area (Å²) in [6, 6.07) is 15.9. The van der Waals surface area contributed by atoms with Crippen molar-refractivity contribution in [1.82, 2.24) is 29.2 Å². The number of anilines is 1. The van der Waals surface area contributed by atoms with Gasteiger partial charge < -0.3 is 5.32 Å². The summed E-state index contributed by atoms with van der Waals surface area (Å²) < 4.78 is 3.87. The number of pyridine rings is 1. The fourth-order valence-electron chi connectivity index (χ4n) is 3.31. The molecule has 5 rings (SSSR count). The third kappa shape index (κ3) is 2.21. The van der Waals surface area contributed by atoms with E-state index >= 15 is 0 Å². The van der Waals surface area contributed by atoms with Crippen molar-refractivity contribution in [2.45, 2.75) is 19.9 Å². The lowest BCUT2D eigenvalue weighted by Crippen LogP contribution is -2.12. The standard InChI is InChI=1S/C19H17N7/c1-12-11-17-21-18(14-7-3-4-8-15(14)26(17)24-12)20-13(2)19-23-22-16-9-5-6-10-25(16)19/h3-11,13H,1-2H3,(H,20,21)/t13-/m0/s1. The van der Waals surface area contributed by atoms with Gasteiger partial charge in [-0.05, 0) is 38.1 Å². The van der Waals surface area contributed by atoms with Crippen molar-refractivity contribution in [3.05, 3.63) is 66.2 Å². The van der Waals surface area contributed by atoms with Crippen molar-refractivity contribution in [2.75, 3.05) is 5.32 Å². The molecule has 128 valence electrons. The molecule has 0 amide bonds. The molecule has 4 aromatic heterocycles. The van der Waals surface area contributed by atoms with Gasteiger partial charge >= 0.3 is 0 Å². The number of fused-ring (bicyclic) bond motifs is 4. The summed E-state index contributed by atoms with van der Waals surface area (Å²) >= 11 is 0. The Bertz CT molecular complexity index is 1250. The predicted octanol–water partition coefficient (Wildman–Crippen LogP) is 3.41. The summed E-state index contributed by atoms with van der Waals surface area (Å²) in [7, 11) is 0. The van der Waals surface area contributed by atoms with Gasteiger partial charge in [0.25, 0.3) is 0 Å². The monoisotopic (exact) mass is 343 g/mol. The van der Waals surface area contributed by atoms with Crippen LogP contribution in [0.3, 0.4) is 0 Å². The van der Waals surface area contributed by atoms with Gasteiger partial charge in [-0.2, -0.15) is 5.10 Å². The Morgan fingerprint density at radius 1 is 1.00 bits per heavy atom. The van der Waals surface area contributed by atoms with E-state index in [4.69, 9.17) is 4.98 Å². The zero-order valence-corrected chi connectivity index (χ0v) is 14.5. The number of hydrogen-bond acceptors (Lipinski definition) is 5. The van der Waals surface area contributed by atoms with Gasteiger partial charge in [-0.15, -0.1) is 10.2 Å². The van der Waals surface area contributed by atoms with Crippen molar-refractivity contribution in [1.29, 1.82) is 0 Å². The molecule has 0 saturated carbocycles. The molecule has 4 heterocycles. The van der Waals surface area contributed by atoms with E-state index < -0.39 is 0 Å². The molecular weight excluding hydrogens is 326 g/mol. The van der Waals surface area contributed by atoms with E-state index in [0.717, 1.165) is 39.5 Å². The summed E-state index contributed by atoms with van der Waals surface area (Å²) in [5.41, 5.74) is 3.61. The van der Waals surface area contributed by atoms with Crippen LogP contribution in [0.1, 0.15) is 24.5 Å². The largest absolute Gasteiger partial charge is 0.360 e. The number of aromatic nitrogens is 6. The normalized spacial score (nSPS) is 12.8. The topological polar surface area (TPSA) is 72.4 Å². The number of aryl methyl sites for hydroxylation is 1. The molecule has 5 aromatic rings. The van der Waals surface area contributed by atoms with Gasteiger partial charge in [0.05, 0.1) is 17.3 Å². The highest BCUT2D eigenvalue weighted by Gasteiger charge is 2.16. The van der Waals surface area contributed by atoms with E-state index in [-0.39, 0.29) is 6.04 Å². The van der Waals surface area contributed by atoms with E-state index in [1.54, 1.807) is 0 Å². The van der Waals surface area contributed by atoms with Gasteiger partial charge in [0.2, 0.25) is 0 Å². The van der Waals surface area contributed by atoms with Crippen LogP contribution in [-0.2, 0) is 0 Å².